The van der Waals surface area contributed by atoms with E-state index in [1.165, 1.54) is 30.9 Å². The number of thiophene rings is 1. The van der Waals surface area contributed by atoms with Crippen molar-refractivity contribution < 1.29 is 4.42 Å². The van der Waals surface area contributed by atoms with Crippen molar-refractivity contribution in [3.8, 4) is 45.4 Å². The second-order valence-corrected chi connectivity index (χ2v) is 14.1. The van der Waals surface area contributed by atoms with E-state index in [1.54, 1.807) is 11.3 Å². The van der Waals surface area contributed by atoms with E-state index in [0.29, 0.717) is 17.5 Å². The molecule has 0 aliphatic carbocycles. The van der Waals surface area contributed by atoms with Gasteiger partial charge in [0.25, 0.3) is 0 Å². The Morgan fingerprint density at radius 1 is 0.442 bits per heavy atom. The Bertz CT molecular complexity index is 3200. The second-order valence-electron chi connectivity index (χ2n) is 13.0. The smallest absolute Gasteiger partial charge is 0.167 e. The monoisotopic (exact) mass is 682 g/mol. The van der Waals surface area contributed by atoms with Crippen LogP contribution in [0.15, 0.2) is 162 Å². The molecule has 11 aromatic rings. The van der Waals surface area contributed by atoms with Gasteiger partial charge in [-0.3, -0.25) is 0 Å². The number of fused-ring (bicyclic) bond motifs is 9. The van der Waals surface area contributed by atoms with E-state index in [4.69, 9.17) is 24.4 Å². The van der Waals surface area contributed by atoms with Gasteiger partial charge in [0, 0.05) is 48.3 Å². The van der Waals surface area contributed by atoms with E-state index in [9.17, 15) is 0 Å². The Hall–Kier alpha value is -6.76. The highest BCUT2D eigenvalue weighted by Gasteiger charge is 2.19. The number of pyridine rings is 1. The molecule has 4 aromatic heterocycles. The third kappa shape index (κ3) is 4.55. The minimum Gasteiger partial charge on any atom is -0.455 e. The predicted octanol–water partition coefficient (Wildman–Crippen LogP) is 12.5. The van der Waals surface area contributed by atoms with E-state index in [0.717, 1.165) is 60.8 Å². The van der Waals surface area contributed by atoms with Gasteiger partial charge in [0.15, 0.2) is 17.5 Å². The molecule has 5 nitrogen and oxygen atoms in total. The molecule has 0 aliphatic rings. The minimum atomic E-state index is 0.560. The number of rotatable bonds is 4. The van der Waals surface area contributed by atoms with E-state index in [1.807, 2.05) is 30.3 Å². The highest BCUT2D eigenvalue weighted by Crippen LogP contribution is 2.43. The van der Waals surface area contributed by atoms with Gasteiger partial charge in [-0.2, -0.15) is 0 Å². The number of para-hydroxylation sites is 3. The molecule has 0 bridgehead atoms. The quantitative estimate of drug-likeness (QED) is 0.185. The van der Waals surface area contributed by atoms with Crippen LogP contribution in [-0.2, 0) is 0 Å². The molecule has 0 atom stereocenters. The van der Waals surface area contributed by atoms with Gasteiger partial charge >= 0.3 is 0 Å². The fourth-order valence-corrected chi connectivity index (χ4v) is 8.64. The summed E-state index contributed by atoms with van der Waals surface area (Å²) in [6.45, 7) is 0. The largest absolute Gasteiger partial charge is 0.455 e. The number of benzene rings is 7. The summed E-state index contributed by atoms with van der Waals surface area (Å²) in [6.07, 6.45) is 0. The normalized spacial score (nSPS) is 11.8. The zero-order valence-corrected chi connectivity index (χ0v) is 28.4. The number of furan rings is 1. The Kier molecular flexibility index (Phi) is 6.35. The number of hydrogen-bond donors (Lipinski definition) is 0. The lowest BCUT2D eigenvalue weighted by molar-refractivity contribution is 0.669. The number of aromatic nitrogens is 4. The Morgan fingerprint density at radius 2 is 1.10 bits per heavy atom. The van der Waals surface area contributed by atoms with Crippen molar-refractivity contribution in [2.75, 3.05) is 0 Å². The van der Waals surface area contributed by atoms with Crippen LogP contribution >= 0.6 is 11.3 Å². The molecule has 7 aromatic carbocycles. The average molecular weight is 683 g/mol. The maximum Gasteiger partial charge on any atom is 0.167 e. The van der Waals surface area contributed by atoms with Crippen molar-refractivity contribution >= 4 is 75.1 Å². The van der Waals surface area contributed by atoms with Crippen LogP contribution in [0.25, 0.3) is 109 Å². The van der Waals surface area contributed by atoms with Crippen LogP contribution in [-0.4, -0.2) is 19.9 Å². The topological polar surface area (TPSA) is 64.7 Å². The lowest BCUT2D eigenvalue weighted by atomic mass is 10.0. The summed E-state index contributed by atoms with van der Waals surface area (Å²) in [4.78, 5) is 20.5. The van der Waals surface area contributed by atoms with Crippen LogP contribution in [0.3, 0.4) is 0 Å². The lowest BCUT2D eigenvalue weighted by Gasteiger charge is -2.10. The van der Waals surface area contributed by atoms with Gasteiger partial charge in [0.1, 0.15) is 11.2 Å². The van der Waals surface area contributed by atoms with E-state index in [-0.39, 0.29) is 0 Å². The molecule has 0 radical (unpaired) electrons. The van der Waals surface area contributed by atoms with Gasteiger partial charge in [-0.15, -0.1) is 11.3 Å². The van der Waals surface area contributed by atoms with E-state index in [2.05, 4.69) is 127 Å². The van der Waals surface area contributed by atoms with Gasteiger partial charge in [-0.1, -0.05) is 127 Å². The van der Waals surface area contributed by atoms with Gasteiger partial charge < -0.3 is 4.42 Å². The molecule has 4 heterocycles. The summed E-state index contributed by atoms with van der Waals surface area (Å²) in [5.74, 6) is 1.75. The summed E-state index contributed by atoms with van der Waals surface area (Å²) >= 11 is 1.80. The SMILES string of the molecule is c1ccc2cc(-c3nc(-c4ccc(-c5nc6ccccc6c6c5sc5ccccc56)cc4)nc(-c4cccc5c4oc4ccccc45)n3)ccc2c1. The van der Waals surface area contributed by atoms with Crippen LogP contribution in [0.2, 0.25) is 0 Å². The van der Waals surface area contributed by atoms with Crippen LogP contribution < -0.4 is 0 Å². The third-order valence-corrected chi connectivity index (χ3v) is 11.1. The molecule has 0 saturated heterocycles. The lowest BCUT2D eigenvalue weighted by Crippen LogP contribution is -2.00. The van der Waals surface area contributed by atoms with Crippen LogP contribution in [0.4, 0.5) is 0 Å². The molecule has 0 N–H and O–H groups in total. The molecule has 0 saturated carbocycles. The molecule has 6 heteroatoms. The molecular weight excluding hydrogens is 657 g/mol. The van der Waals surface area contributed by atoms with Gasteiger partial charge in [-0.25, -0.2) is 19.9 Å². The summed E-state index contributed by atoms with van der Waals surface area (Å²) in [5, 5.41) is 8.08. The van der Waals surface area contributed by atoms with Crippen molar-refractivity contribution in [2.24, 2.45) is 0 Å². The maximum atomic E-state index is 6.43. The zero-order chi connectivity index (χ0) is 34.2. The van der Waals surface area contributed by atoms with Crippen molar-refractivity contribution in [3.63, 3.8) is 0 Å². The molecule has 242 valence electrons. The molecule has 0 amide bonds. The molecule has 0 spiro atoms. The predicted molar refractivity (Wildman–Crippen MR) is 215 cm³/mol. The molecule has 11 rings (SSSR count). The Balaban J connectivity index is 1.09. The fourth-order valence-electron chi connectivity index (χ4n) is 7.41. The molecular formula is C46H26N4OS. The van der Waals surface area contributed by atoms with Crippen molar-refractivity contribution in [3.05, 3.63) is 158 Å². The Morgan fingerprint density at radius 3 is 1.98 bits per heavy atom. The summed E-state index contributed by atoms with van der Waals surface area (Å²) < 4.78 is 8.88. The first kappa shape index (κ1) is 29.0. The maximum absolute atomic E-state index is 6.43. The highest BCUT2D eigenvalue weighted by molar-refractivity contribution is 7.26. The number of nitrogens with zero attached hydrogens (tertiary/aromatic N) is 4. The van der Waals surface area contributed by atoms with Crippen LogP contribution in [0.1, 0.15) is 0 Å². The molecule has 0 aliphatic heterocycles. The standard InChI is InChI=1S/C46H26N4OS/c1-2-11-30-26-31(25-20-27(30)10-1)45-48-44(49-46(50-45)36-16-9-15-33-32-12-4-7-18-38(32)51-42(33)36)29-23-21-28(22-24-29)41-43-40(34-13-3-6-17-37(34)47-41)35-14-5-8-19-39(35)52-43/h1-26H. The highest BCUT2D eigenvalue weighted by atomic mass is 32.1. The summed E-state index contributed by atoms with van der Waals surface area (Å²) in [5.41, 5.74) is 7.23. The average Bonchev–Trinajstić information content (AvgIpc) is 3.80. The van der Waals surface area contributed by atoms with Crippen molar-refractivity contribution in [2.45, 2.75) is 0 Å². The van der Waals surface area contributed by atoms with E-state index >= 15 is 0 Å². The first-order valence-electron chi connectivity index (χ1n) is 17.2. The van der Waals surface area contributed by atoms with Gasteiger partial charge in [-0.05, 0) is 41.1 Å². The van der Waals surface area contributed by atoms with Crippen LogP contribution in [0.5, 0.6) is 0 Å². The molecule has 0 unspecified atom stereocenters. The van der Waals surface area contributed by atoms with Gasteiger partial charge in [0.2, 0.25) is 0 Å². The van der Waals surface area contributed by atoms with Gasteiger partial charge in [0.05, 0.1) is 21.5 Å². The third-order valence-electron chi connectivity index (χ3n) is 9.92. The minimum absolute atomic E-state index is 0.560. The van der Waals surface area contributed by atoms with Crippen LogP contribution in [0, 0.1) is 0 Å². The van der Waals surface area contributed by atoms with Crippen molar-refractivity contribution in [1.29, 1.82) is 0 Å². The zero-order valence-electron chi connectivity index (χ0n) is 27.6. The molecule has 0 fully saturated rings. The number of hydrogen-bond acceptors (Lipinski definition) is 6. The second kappa shape index (κ2) is 11.4. The Labute approximate surface area is 301 Å². The first-order valence-corrected chi connectivity index (χ1v) is 18.0. The summed E-state index contributed by atoms with van der Waals surface area (Å²) in [7, 11) is 0. The summed E-state index contributed by atoms with van der Waals surface area (Å²) in [6, 6.07) is 54.4. The fraction of sp³-hybridized carbons (Fsp3) is 0. The van der Waals surface area contributed by atoms with E-state index < -0.39 is 0 Å². The molecule has 52 heavy (non-hydrogen) atoms. The van der Waals surface area contributed by atoms with Crippen molar-refractivity contribution in [1.82, 2.24) is 19.9 Å². The first-order chi connectivity index (χ1) is 25.7.